The number of hydrogen-bond acceptors (Lipinski definition) is 4. The van der Waals surface area contributed by atoms with Crippen LogP contribution in [0.5, 0.6) is 0 Å². The average molecular weight is 332 g/mol. The van der Waals surface area contributed by atoms with Gasteiger partial charge in [-0.25, -0.2) is 0 Å². The van der Waals surface area contributed by atoms with E-state index >= 15 is 0 Å². The van der Waals surface area contributed by atoms with Gasteiger partial charge in [-0.15, -0.1) is 0 Å². The molecule has 1 N–H and O–H groups in total. The lowest BCUT2D eigenvalue weighted by Crippen LogP contribution is -2.53. The van der Waals surface area contributed by atoms with E-state index in [2.05, 4.69) is 34.5 Å². The number of nitrogens with zero attached hydrogens (tertiary/aromatic N) is 1. The summed E-state index contributed by atoms with van der Waals surface area (Å²) in [6, 6.07) is 10.5. The molecule has 2 aliphatic heterocycles. The zero-order valence-corrected chi connectivity index (χ0v) is 14.4. The highest BCUT2D eigenvalue weighted by Gasteiger charge is 2.43. The Morgan fingerprint density at radius 2 is 2.17 bits per heavy atom. The summed E-state index contributed by atoms with van der Waals surface area (Å²) < 4.78 is 10.9. The van der Waals surface area contributed by atoms with Crippen molar-refractivity contribution in [1.29, 1.82) is 0 Å². The predicted octanol–water partition coefficient (Wildman–Crippen LogP) is 1.33. The van der Waals surface area contributed by atoms with Gasteiger partial charge < -0.3 is 14.8 Å². The molecule has 0 aliphatic carbocycles. The Labute approximate surface area is 144 Å². The number of hydrogen-bond donors (Lipinski definition) is 1. The molecule has 2 aliphatic rings. The van der Waals surface area contributed by atoms with Crippen LogP contribution in [-0.2, 0) is 20.7 Å². The smallest absolute Gasteiger partial charge is 0.224 e. The monoisotopic (exact) mass is 332 g/mol. The van der Waals surface area contributed by atoms with E-state index in [4.69, 9.17) is 9.47 Å². The fourth-order valence-corrected chi connectivity index (χ4v) is 3.86. The molecule has 0 aromatic heterocycles. The summed E-state index contributed by atoms with van der Waals surface area (Å²) >= 11 is 0. The Balaban J connectivity index is 1.57. The van der Waals surface area contributed by atoms with Crippen molar-refractivity contribution >= 4 is 5.91 Å². The van der Waals surface area contributed by atoms with Crippen LogP contribution < -0.4 is 5.32 Å². The van der Waals surface area contributed by atoms with Gasteiger partial charge in [0.25, 0.3) is 0 Å². The first-order valence-electron chi connectivity index (χ1n) is 8.92. The van der Waals surface area contributed by atoms with Crippen LogP contribution in [0.2, 0.25) is 0 Å². The Morgan fingerprint density at radius 1 is 1.33 bits per heavy atom. The molecule has 5 nitrogen and oxygen atoms in total. The van der Waals surface area contributed by atoms with Crippen LogP contribution in [0.15, 0.2) is 30.3 Å². The molecular weight excluding hydrogens is 304 g/mol. The maximum absolute atomic E-state index is 12.6. The number of methoxy groups -OCH3 is 1. The van der Waals surface area contributed by atoms with E-state index in [-0.39, 0.29) is 17.9 Å². The minimum absolute atomic E-state index is 0.0267. The standard InChI is InChI=1S/C19H28N2O3/c1-23-12-9-20-19(22)17-13-21(14-18-16(17)8-11-24-18)10-7-15-5-3-2-4-6-15/h2-6,16-18H,7-14H2,1H3,(H,20,22)/t16-,17-,18+/m1/s1. The van der Waals surface area contributed by atoms with Crippen LogP contribution in [0.1, 0.15) is 12.0 Å². The molecule has 0 radical (unpaired) electrons. The van der Waals surface area contributed by atoms with Crippen molar-refractivity contribution in [3.63, 3.8) is 0 Å². The molecule has 3 rings (SSSR count). The highest BCUT2D eigenvalue weighted by atomic mass is 16.5. The molecule has 0 unspecified atom stereocenters. The molecule has 1 amide bonds. The van der Waals surface area contributed by atoms with Gasteiger partial charge in [0.15, 0.2) is 0 Å². The molecule has 0 saturated carbocycles. The second-order valence-electron chi connectivity index (χ2n) is 6.75. The van der Waals surface area contributed by atoms with Crippen molar-refractivity contribution in [2.24, 2.45) is 11.8 Å². The van der Waals surface area contributed by atoms with E-state index < -0.39 is 0 Å². The van der Waals surface area contributed by atoms with Crippen LogP contribution >= 0.6 is 0 Å². The van der Waals surface area contributed by atoms with Crippen molar-refractivity contribution in [1.82, 2.24) is 10.2 Å². The molecule has 3 atom stereocenters. The summed E-state index contributed by atoms with van der Waals surface area (Å²) in [7, 11) is 1.65. The normalized spacial score (nSPS) is 27.0. The average Bonchev–Trinajstić information content (AvgIpc) is 3.08. The molecule has 5 heteroatoms. The van der Waals surface area contributed by atoms with E-state index in [9.17, 15) is 4.79 Å². The van der Waals surface area contributed by atoms with Crippen molar-refractivity contribution in [3.8, 4) is 0 Å². The third kappa shape index (κ3) is 4.35. The molecule has 24 heavy (non-hydrogen) atoms. The Kier molecular flexibility index (Phi) is 6.24. The largest absolute Gasteiger partial charge is 0.383 e. The van der Waals surface area contributed by atoms with Gasteiger partial charge in [0, 0.05) is 45.8 Å². The van der Waals surface area contributed by atoms with Crippen LogP contribution in [-0.4, -0.2) is 63.4 Å². The third-order valence-corrected chi connectivity index (χ3v) is 5.17. The minimum atomic E-state index is 0.0267. The molecular formula is C19H28N2O3. The first-order valence-corrected chi connectivity index (χ1v) is 8.92. The summed E-state index contributed by atoms with van der Waals surface area (Å²) in [5.41, 5.74) is 1.34. The van der Waals surface area contributed by atoms with Gasteiger partial charge in [-0.2, -0.15) is 0 Å². The number of ether oxygens (including phenoxy) is 2. The second kappa shape index (κ2) is 8.60. The number of carbonyl (C=O) groups is 1. The fourth-order valence-electron chi connectivity index (χ4n) is 3.86. The van der Waals surface area contributed by atoms with E-state index in [1.165, 1.54) is 5.56 Å². The Hall–Kier alpha value is -1.43. The van der Waals surface area contributed by atoms with Crippen LogP contribution in [0.25, 0.3) is 0 Å². The van der Waals surface area contributed by atoms with Crippen molar-refractivity contribution in [3.05, 3.63) is 35.9 Å². The lowest BCUT2D eigenvalue weighted by Gasteiger charge is -2.39. The van der Waals surface area contributed by atoms with Gasteiger partial charge in [0.1, 0.15) is 0 Å². The fraction of sp³-hybridized carbons (Fsp3) is 0.632. The summed E-state index contributed by atoms with van der Waals surface area (Å²) in [4.78, 5) is 15.0. The molecule has 2 heterocycles. The van der Waals surface area contributed by atoms with E-state index in [1.54, 1.807) is 7.11 Å². The van der Waals surface area contributed by atoms with E-state index in [0.29, 0.717) is 19.1 Å². The number of nitrogens with one attached hydrogen (secondary N) is 1. The highest BCUT2D eigenvalue weighted by Crippen LogP contribution is 2.33. The van der Waals surface area contributed by atoms with Crippen LogP contribution in [0.3, 0.4) is 0 Å². The van der Waals surface area contributed by atoms with Crippen molar-refractivity contribution in [2.45, 2.75) is 18.9 Å². The lowest BCUT2D eigenvalue weighted by atomic mass is 9.82. The molecule has 2 saturated heterocycles. The molecule has 2 fully saturated rings. The summed E-state index contributed by atoms with van der Waals surface area (Å²) in [6.07, 6.45) is 2.21. The Morgan fingerprint density at radius 3 is 2.96 bits per heavy atom. The van der Waals surface area contributed by atoms with Gasteiger partial charge in [-0.1, -0.05) is 30.3 Å². The first-order chi connectivity index (χ1) is 11.8. The zero-order valence-electron chi connectivity index (χ0n) is 14.4. The van der Waals surface area contributed by atoms with E-state index in [1.807, 2.05) is 6.07 Å². The third-order valence-electron chi connectivity index (χ3n) is 5.17. The molecule has 1 aromatic rings. The van der Waals surface area contributed by atoms with Crippen LogP contribution in [0, 0.1) is 11.8 Å². The molecule has 0 spiro atoms. The van der Waals surface area contributed by atoms with E-state index in [0.717, 1.165) is 39.1 Å². The molecule has 1 aromatic carbocycles. The van der Waals surface area contributed by atoms with Gasteiger partial charge in [-0.05, 0) is 18.4 Å². The highest BCUT2D eigenvalue weighted by molar-refractivity contribution is 5.79. The predicted molar refractivity (Wildman–Crippen MR) is 92.8 cm³/mol. The Bertz CT molecular complexity index is 523. The number of fused-ring (bicyclic) bond motifs is 1. The zero-order chi connectivity index (χ0) is 16.8. The number of piperidine rings is 1. The van der Waals surface area contributed by atoms with Gasteiger partial charge in [-0.3, -0.25) is 9.69 Å². The number of carbonyl (C=O) groups excluding carboxylic acids is 1. The number of likely N-dealkylation sites (tertiary alicyclic amines) is 1. The maximum atomic E-state index is 12.6. The van der Waals surface area contributed by atoms with Gasteiger partial charge >= 0.3 is 0 Å². The lowest BCUT2D eigenvalue weighted by molar-refractivity contribution is -0.131. The van der Waals surface area contributed by atoms with Crippen molar-refractivity contribution < 1.29 is 14.3 Å². The number of benzene rings is 1. The van der Waals surface area contributed by atoms with Crippen molar-refractivity contribution in [2.75, 3.05) is 46.5 Å². The number of rotatable bonds is 7. The second-order valence-corrected chi connectivity index (χ2v) is 6.75. The molecule has 0 bridgehead atoms. The maximum Gasteiger partial charge on any atom is 0.224 e. The minimum Gasteiger partial charge on any atom is -0.383 e. The molecule has 132 valence electrons. The van der Waals surface area contributed by atoms with Gasteiger partial charge in [0.05, 0.1) is 18.6 Å². The van der Waals surface area contributed by atoms with Gasteiger partial charge in [0.2, 0.25) is 5.91 Å². The quantitative estimate of drug-likeness (QED) is 0.766. The first kappa shape index (κ1) is 17.4. The topological polar surface area (TPSA) is 50.8 Å². The van der Waals surface area contributed by atoms with Crippen LogP contribution in [0.4, 0.5) is 0 Å². The summed E-state index contributed by atoms with van der Waals surface area (Å²) in [6.45, 7) is 4.66. The SMILES string of the molecule is COCCNC(=O)[C@@H]1CN(CCc2ccccc2)C[C@@H]2OCC[C@@H]21. The number of amides is 1. The summed E-state index contributed by atoms with van der Waals surface area (Å²) in [5, 5.41) is 3.01. The summed E-state index contributed by atoms with van der Waals surface area (Å²) in [5.74, 6) is 0.538.